The van der Waals surface area contributed by atoms with Crippen LogP contribution in [0.15, 0.2) is 15.5 Å². The van der Waals surface area contributed by atoms with Crippen LogP contribution in [0.3, 0.4) is 0 Å². The average Bonchev–Trinajstić information content (AvgIpc) is 2.86. The van der Waals surface area contributed by atoms with Crippen molar-refractivity contribution in [3.63, 3.8) is 0 Å². The van der Waals surface area contributed by atoms with Crippen LogP contribution in [0, 0.1) is 0 Å². The third kappa shape index (κ3) is 2.14. The predicted octanol–water partition coefficient (Wildman–Crippen LogP) is 3.36. The third-order valence-corrected chi connectivity index (χ3v) is 5.82. The summed E-state index contributed by atoms with van der Waals surface area (Å²) in [4.78, 5) is 19.3. The van der Waals surface area contributed by atoms with E-state index in [9.17, 15) is 9.90 Å². The lowest BCUT2D eigenvalue weighted by Gasteiger charge is -2.35. The average molecular weight is 363 g/mol. The van der Waals surface area contributed by atoms with Crippen molar-refractivity contribution in [3.8, 4) is 0 Å². The number of fused-ring (bicyclic) bond motifs is 3. The zero-order chi connectivity index (χ0) is 15.3. The van der Waals surface area contributed by atoms with Crippen LogP contribution >= 0.6 is 15.9 Å². The second kappa shape index (κ2) is 5.46. The summed E-state index contributed by atoms with van der Waals surface area (Å²) < 4.78 is 0.984. The molecule has 2 aliphatic heterocycles. The summed E-state index contributed by atoms with van der Waals surface area (Å²) in [6.45, 7) is 0.586. The molecule has 0 saturated heterocycles. The number of hydrogen-bond acceptors (Lipinski definition) is 3. The van der Waals surface area contributed by atoms with Gasteiger partial charge >= 0.3 is 0 Å². The molecule has 1 aromatic rings. The van der Waals surface area contributed by atoms with Crippen molar-refractivity contribution in [1.82, 2.24) is 4.90 Å². The van der Waals surface area contributed by atoms with Gasteiger partial charge in [-0.1, -0.05) is 28.8 Å². The maximum atomic E-state index is 12.8. The van der Waals surface area contributed by atoms with Crippen LogP contribution in [0.4, 0.5) is 5.69 Å². The Kier molecular flexibility index (Phi) is 3.57. The second-order valence-electron chi connectivity index (χ2n) is 6.41. The van der Waals surface area contributed by atoms with E-state index in [-0.39, 0.29) is 11.9 Å². The van der Waals surface area contributed by atoms with Gasteiger partial charge in [-0.2, -0.15) is 0 Å². The number of rotatable bonds is 1. The van der Waals surface area contributed by atoms with Gasteiger partial charge in [-0.05, 0) is 37.3 Å². The summed E-state index contributed by atoms with van der Waals surface area (Å²) in [7, 11) is 0. The van der Waals surface area contributed by atoms with E-state index in [1.807, 2.05) is 17.2 Å². The highest BCUT2D eigenvalue weighted by Gasteiger charge is 2.39. The number of aliphatic hydroxyl groups is 1. The van der Waals surface area contributed by atoms with Gasteiger partial charge in [0, 0.05) is 28.4 Å². The molecule has 0 spiro atoms. The summed E-state index contributed by atoms with van der Waals surface area (Å²) in [5.74, 6) is 0.0465. The van der Waals surface area contributed by atoms with Crippen molar-refractivity contribution in [3.05, 3.63) is 27.2 Å². The summed E-state index contributed by atoms with van der Waals surface area (Å²) in [5.41, 5.74) is 3.97. The Balaban J connectivity index is 1.74. The van der Waals surface area contributed by atoms with E-state index in [4.69, 9.17) is 0 Å². The van der Waals surface area contributed by atoms with Crippen LogP contribution in [0.5, 0.6) is 0 Å². The molecule has 0 unspecified atom stereocenters. The highest BCUT2D eigenvalue weighted by molar-refractivity contribution is 9.10. The first-order valence-corrected chi connectivity index (χ1v) is 8.82. The van der Waals surface area contributed by atoms with Crippen LogP contribution in [0.2, 0.25) is 0 Å². The second-order valence-corrected chi connectivity index (χ2v) is 7.27. The monoisotopic (exact) mass is 362 g/mol. The van der Waals surface area contributed by atoms with Crippen LogP contribution in [-0.2, 0) is 13.0 Å². The molecule has 1 aromatic carbocycles. The van der Waals surface area contributed by atoms with Crippen molar-refractivity contribution in [1.29, 1.82) is 0 Å². The summed E-state index contributed by atoms with van der Waals surface area (Å²) in [6, 6.07) is 1.91. The third-order valence-electron chi connectivity index (χ3n) is 5.11. The lowest BCUT2D eigenvalue weighted by atomic mass is 9.91. The molecule has 1 N–H and O–H groups in total. The number of amides is 1. The molecule has 1 saturated carbocycles. The zero-order valence-electron chi connectivity index (χ0n) is 12.4. The fourth-order valence-corrected chi connectivity index (χ4v) is 4.57. The first kappa shape index (κ1) is 14.4. The number of carbonyl (C=O) groups excluding carboxylic acids is 1. The Morgan fingerprint density at radius 1 is 1.27 bits per heavy atom. The van der Waals surface area contributed by atoms with Gasteiger partial charge in [0.1, 0.15) is 0 Å². The SMILES string of the molecule is O=C1c2cc(Br)c3c(c2CN1[C@H]1CCCC[C@@H]1O)N=CCC3. The van der Waals surface area contributed by atoms with E-state index < -0.39 is 6.10 Å². The molecule has 0 bridgehead atoms. The van der Waals surface area contributed by atoms with E-state index in [0.29, 0.717) is 6.54 Å². The molecular formula is C17H19BrN2O2. The van der Waals surface area contributed by atoms with Gasteiger partial charge in [-0.3, -0.25) is 9.79 Å². The van der Waals surface area contributed by atoms with Gasteiger partial charge in [-0.15, -0.1) is 0 Å². The molecule has 1 fully saturated rings. The lowest BCUT2D eigenvalue weighted by Crippen LogP contribution is -2.45. The molecule has 4 rings (SSSR count). The van der Waals surface area contributed by atoms with Gasteiger partial charge in [0.05, 0.1) is 17.8 Å². The molecule has 1 aliphatic carbocycles. The van der Waals surface area contributed by atoms with Crippen molar-refractivity contribution in [2.45, 2.75) is 57.2 Å². The molecule has 5 heteroatoms. The molecule has 22 heavy (non-hydrogen) atoms. The number of aliphatic imine (C=N–C) groups is 1. The smallest absolute Gasteiger partial charge is 0.254 e. The van der Waals surface area contributed by atoms with Gasteiger partial charge in [0.15, 0.2) is 0 Å². The van der Waals surface area contributed by atoms with Crippen LogP contribution in [-0.4, -0.2) is 34.3 Å². The molecule has 116 valence electrons. The quantitative estimate of drug-likeness (QED) is 0.832. The van der Waals surface area contributed by atoms with Crippen LogP contribution in [0.25, 0.3) is 0 Å². The number of nitrogens with zero attached hydrogens (tertiary/aromatic N) is 2. The Labute approximate surface area is 138 Å². The maximum absolute atomic E-state index is 12.8. The number of halogens is 1. The molecule has 1 amide bonds. The zero-order valence-corrected chi connectivity index (χ0v) is 14.0. The van der Waals surface area contributed by atoms with E-state index in [2.05, 4.69) is 20.9 Å². The Hall–Kier alpha value is -1.20. The fourth-order valence-electron chi connectivity index (χ4n) is 3.95. The van der Waals surface area contributed by atoms with Gasteiger partial charge in [0.25, 0.3) is 5.91 Å². The van der Waals surface area contributed by atoms with Gasteiger partial charge in [0.2, 0.25) is 0 Å². The molecular weight excluding hydrogens is 344 g/mol. The largest absolute Gasteiger partial charge is 0.391 e. The first-order chi connectivity index (χ1) is 10.7. The van der Waals surface area contributed by atoms with E-state index in [1.165, 1.54) is 5.56 Å². The summed E-state index contributed by atoms with van der Waals surface area (Å²) in [5, 5.41) is 10.3. The molecule has 3 aliphatic rings. The fraction of sp³-hybridized carbons (Fsp3) is 0.529. The number of benzene rings is 1. The molecule has 2 heterocycles. The minimum absolute atomic E-state index is 0.0457. The predicted molar refractivity (Wildman–Crippen MR) is 88.8 cm³/mol. The Bertz CT molecular complexity index is 671. The molecule has 2 atom stereocenters. The van der Waals surface area contributed by atoms with Crippen molar-refractivity contribution < 1.29 is 9.90 Å². The maximum Gasteiger partial charge on any atom is 0.254 e. The lowest BCUT2D eigenvalue weighted by molar-refractivity contribution is 0.0191. The van der Waals surface area contributed by atoms with Crippen LogP contribution < -0.4 is 0 Å². The van der Waals surface area contributed by atoms with Crippen molar-refractivity contribution in [2.75, 3.05) is 0 Å². The minimum Gasteiger partial charge on any atom is -0.391 e. The van der Waals surface area contributed by atoms with Crippen LogP contribution in [0.1, 0.15) is 53.6 Å². The van der Waals surface area contributed by atoms with Crippen molar-refractivity contribution in [2.24, 2.45) is 4.99 Å². The summed E-state index contributed by atoms with van der Waals surface area (Å²) in [6.07, 6.45) is 7.29. The Morgan fingerprint density at radius 3 is 2.91 bits per heavy atom. The number of hydrogen-bond donors (Lipinski definition) is 1. The van der Waals surface area contributed by atoms with Crippen molar-refractivity contribution >= 4 is 33.7 Å². The Morgan fingerprint density at radius 2 is 2.09 bits per heavy atom. The van der Waals surface area contributed by atoms with E-state index in [1.54, 1.807) is 0 Å². The number of carbonyl (C=O) groups is 1. The number of aliphatic hydroxyl groups excluding tert-OH is 1. The highest BCUT2D eigenvalue weighted by Crippen LogP contribution is 2.42. The first-order valence-electron chi connectivity index (χ1n) is 8.02. The minimum atomic E-state index is -0.394. The summed E-state index contributed by atoms with van der Waals surface area (Å²) >= 11 is 3.60. The topological polar surface area (TPSA) is 52.9 Å². The van der Waals surface area contributed by atoms with E-state index in [0.717, 1.165) is 59.8 Å². The normalized spacial score (nSPS) is 27.0. The molecule has 0 radical (unpaired) electrons. The van der Waals surface area contributed by atoms with E-state index >= 15 is 0 Å². The van der Waals surface area contributed by atoms with Gasteiger partial charge in [-0.25, -0.2) is 0 Å². The highest BCUT2D eigenvalue weighted by atomic mass is 79.9. The van der Waals surface area contributed by atoms with Gasteiger partial charge < -0.3 is 10.0 Å². The standard InChI is InChI=1S/C17H19BrN2O2/c18-13-8-11-12(16-10(13)4-3-7-19-16)9-20(17(11)22)14-5-1-2-6-15(14)21/h7-8,14-15,21H,1-6,9H2/t14-,15-/m0/s1. The molecule has 0 aromatic heterocycles. The molecule has 4 nitrogen and oxygen atoms in total.